The first-order chi connectivity index (χ1) is 54.3. The van der Waals surface area contributed by atoms with Gasteiger partial charge >= 0.3 is 0 Å². The van der Waals surface area contributed by atoms with Gasteiger partial charge in [-0.1, -0.05) is 158 Å². The molecule has 16 heteroatoms. The van der Waals surface area contributed by atoms with Crippen LogP contribution < -0.4 is 67.3 Å². The lowest BCUT2D eigenvalue weighted by Gasteiger charge is -2.35. The highest BCUT2D eigenvalue weighted by Crippen LogP contribution is 2.46. The molecule has 0 aliphatic carbocycles. The molecule has 0 saturated carbocycles. The molecule has 22 rings (SSSR count). The van der Waals surface area contributed by atoms with Crippen molar-refractivity contribution in [1.82, 2.24) is 9.80 Å². The molecule has 8 aliphatic rings. The molecule has 14 aromatic rings. The van der Waals surface area contributed by atoms with Crippen LogP contribution >= 0.6 is 0 Å². The Labute approximate surface area is 640 Å². The van der Waals surface area contributed by atoms with Crippen LogP contribution in [0.1, 0.15) is 44.5 Å². The summed E-state index contributed by atoms with van der Waals surface area (Å²) in [4.78, 5) is 18.0. The van der Waals surface area contributed by atoms with E-state index in [1.165, 1.54) is 116 Å². The molecule has 8 heterocycles. The van der Waals surface area contributed by atoms with Crippen molar-refractivity contribution >= 4 is 77.2 Å². The minimum absolute atomic E-state index is 0.555. The van der Waals surface area contributed by atoms with E-state index in [1.807, 2.05) is 36.4 Å². The average molecular weight is 1450 g/mol. The first kappa shape index (κ1) is 67.8. The quantitative estimate of drug-likeness (QED) is 0.158. The van der Waals surface area contributed by atoms with E-state index < -0.39 is 0 Å². The molecule has 16 nitrogen and oxygen atoms in total. The van der Waals surface area contributed by atoms with Crippen LogP contribution in [0.2, 0.25) is 0 Å². The van der Waals surface area contributed by atoms with Gasteiger partial charge in [-0.3, -0.25) is 9.80 Å². The largest absolute Gasteiger partial charge is 0.478 e. The number of hydrogen-bond acceptors (Lipinski definition) is 16. The summed E-state index contributed by atoms with van der Waals surface area (Å²) >= 11 is 0. The SMILES string of the molecule is CN1COc2ccc3c4c(ccc3c2C1)OCN(C)C4.c1ccc(N2COc3c(ccc4c5c(ccc34)OCN(c3ccccc3)C5)C2)cc1.c1ccc(N2COc3ccc4c5c(ccc4c3C2)OCN(c2ccccc2)C5)cc1.c1ccc(N2COc3ccc4ccc5c(c4c3C2)CN(c2ccccc2)CO5)cc1. The van der Waals surface area contributed by atoms with Crippen molar-refractivity contribution in [1.29, 1.82) is 0 Å². The lowest BCUT2D eigenvalue weighted by Crippen LogP contribution is -2.33. The van der Waals surface area contributed by atoms with Crippen molar-refractivity contribution in [3.8, 4) is 46.0 Å². The highest BCUT2D eigenvalue weighted by Gasteiger charge is 2.31. The van der Waals surface area contributed by atoms with Gasteiger partial charge in [-0.25, -0.2) is 0 Å². The van der Waals surface area contributed by atoms with Crippen molar-refractivity contribution in [2.24, 2.45) is 0 Å². The Morgan fingerprint density at radius 2 is 0.436 bits per heavy atom. The normalized spacial score (nSPS) is 15.9. The van der Waals surface area contributed by atoms with Crippen LogP contribution in [0, 0.1) is 0 Å². The van der Waals surface area contributed by atoms with Crippen molar-refractivity contribution < 1.29 is 37.9 Å². The summed E-state index contributed by atoms with van der Waals surface area (Å²) in [7, 11) is 4.16. The number of anilines is 6. The van der Waals surface area contributed by atoms with Gasteiger partial charge in [0.25, 0.3) is 0 Å². The second kappa shape index (κ2) is 29.8. The molecule has 0 atom stereocenters. The van der Waals surface area contributed by atoms with E-state index in [2.05, 4.69) is 296 Å². The number of nitrogens with zero attached hydrogens (tertiary/aromatic N) is 8. The van der Waals surface area contributed by atoms with Crippen molar-refractivity contribution in [2.75, 3.05) is 97.3 Å². The molecule has 14 aromatic carbocycles. The van der Waals surface area contributed by atoms with Crippen molar-refractivity contribution in [3.63, 3.8) is 0 Å². The van der Waals surface area contributed by atoms with Crippen molar-refractivity contribution in [3.05, 3.63) is 324 Å². The summed E-state index contributed by atoms with van der Waals surface area (Å²) in [5.41, 5.74) is 17.0. The lowest BCUT2D eigenvalue weighted by molar-refractivity contribution is 0.121. The van der Waals surface area contributed by atoms with Crippen LogP contribution in [0.25, 0.3) is 43.1 Å². The fourth-order valence-electron chi connectivity index (χ4n) is 16.5. The highest BCUT2D eigenvalue weighted by atomic mass is 16.5. The van der Waals surface area contributed by atoms with Crippen LogP contribution in [0.4, 0.5) is 34.1 Å². The smallest absolute Gasteiger partial charge is 0.161 e. The molecule has 0 N–H and O–H groups in total. The summed E-state index contributed by atoms with van der Waals surface area (Å²) in [6, 6.07) is 97.0. The molecule has 0 radical (unpaired) electrons. The number of benzene rings is 14. The second-order valence-electron chi connectivity index (χ2n) is 29.1. The summed E-state index contributed by atoms with van der Waals surface area (Å²) in [5, 5.41) is 9.91. The number of para-hydroxylation sites is 6. The second-order valence-corrected chi connectivity index (χ2v) is 29.1. The van der Waals surface area contributed by atoms with E-state index in [4.69, 9.17) is 37.9 Å². The van der Waals surface area contributed by atoms with E-state index in [-0.39, 0.29) is 0 Å². The van der Waals surface area contributed by atoms with Crippen molar-refractivity contribution in [2.45, 2.75) is 52.4 Å². The third-order valence-electron chi connectivity index (χ3n) is 22.1. The zero-order valence-corrected chi connectivity index (χ0v) is 61.7. The van der Waals surface area contributed by atoms with E-state index in [0.29, 0.717) is 53.8 Å². The molecule has 0 bridgehead atoms. The number of hydrogen-bond donors (Lipinski definition) is 0. The Kier molecular flexibility index (Phi) is 18.4. The highest BCUT2D eigenvalue weighted by molar-refractivity contribution is 5.97. The molecular weight excluding hydrogens is 1370 g/mol. The maximum Gasteiger partial charge on any atom is 0.161 e. The predicted octanol–water partition coefficient (Wildman–Crippen LogP) is 19.1. The Balaban J connectivity index is 0.000000100. The van der Waals surface area contributed by atoms with Gasteiger partial charge in [0, 0.05) is 104 Å². The fourth-order valence-corrected chi connectivity index (χ4v) is 16.5. The summed E-state index contributed by atoms with van der Waals surface area (Å²) in [5.74, 6) is 7.90. The number of fused-ring (bicyclic) bond motifs is 20. The Morgan fingerprint density at radius 3 is 0.764 bits per heavy atom. The maximum atomic E-state index is 6.28. The maximum absolute atomic E-state index is 6.28. The number of ether oxygens (including phenoxy) is 8. The van der Waals surface area contributed by atoms with Crippen LogP contribution in [0.15, 0.2) is 279 Å². The van der Waals surface area contributed by atoms with Gasteiger partial charge in [0.05, 0.1) is 32.7 Å². The zero-order valence-electron chi connectivity index (χ0n) is 61.7. The molecule has 0 amide bonds. The Hall–Kier alpha value is -12.8. The average Bonchev–Trinajstić information content (AvgIpc) is 0.760. The van der Waals surface area contributed by atoms with Gasteiger partial charge in [-0.15, -0.1) is 0 Å². The van der Waals surface area contributed by atoms with E-state index in [1.54, 1.807) is 0 Å². The van der Waals surface area contributed by atoms with Gasteiger partial charge in [0.15, 0.2) is 40.4 Å². The lowest BCUT2D eigenvalue weighted by atomic mass is 9.95. The van der Waals surface area contributed by atoms with Gasteiger partial charge in [0.1, 0.15) is 59.5 Å². The van der Waals surface area contributed by atoms with E-state index in [0.717, 1.165) is 104 Å². The Bertz CT molecular complexity index is 5450. The van der Waals surface area contributed by atoms with E-state index >= 15 is 0 Å². The van der Waals surface area contributed by atoms with Gasteiger partial charge < -0.3 is 67.3 Å². The molecule has 548 valence electrons. The molecule has 0 spiro atoms. The van der Waals surface area contributed by atoms with Crippen LogP contribution in [0.3, 0.4) is 0 Å². The minimum atomic E-state index is 0.555. The molecule has 110 heavy (non-hydrogen) atoms. The molecule has 0 unspecified atom stereocenters. The number of rotatable bonds is 6. The molecule has 0 fully saturated rings. The van der Waals surface area contributed by atoms with Gasteiger partial charge in [-0.05, 0) is 173 Å². The third kappa shape index (κ3) is 13.4. The van der Waals surface area contributed by atoms with Gasteiger partial charge in [-0.2, -0.15) is 0 Å². The summed E-state index contributed by atoms with van der Waals surface area (Å²) in [6.07, 6.45) is 0. The molecule has 8 aliphatic heterocycles. The first-order valence-electron chi connectivity index (χ1n) is 37.8. The minimum Gasteiger partial charge on any atom is -0.478 e. The fraction of sp³-hybridized carbons (Fsp3) is 0.191. The van der Waals surface area contributed by atoms with Gasteiger partial charge in [0.2, 0.25) is 0 Å². The van der Waals surface area contributed by atoms with E-state index in [9.17, 15) is 0 Å². The molecule has 0 saturated heterocycles. The monoisotopic (exact) mass is 1450 g/mol. The Morgan fingerprint density at radius 1 is 0.200 bits per heavy atom. The zero-order chi connectivity index (χ0) is 73.4. The molecule has 0 aromatic heterocycles. The summed E-state index contributed by atoms with van der Waals surface area (Å²) < 4.78 is 48.5. The standard InChI is InChI=1S/3C26H22N2O2.C16H18N2O2/c1-3-7-19(8-4-1)27-15-23-21-11-14-26-24(22(21)12-13-25(23)29-17-27)16-28(18-30-26)20-9-5-2-6-10-20;1-3-7-20(8-4-1)27-15-22-24(29-17-27)13-11-19-12-14-25-23(26(19)22)16-28(18-30-25)21-9-5-2-6-10-21;1-3-7-20(8-4-1)27-15-19-11-12-22-23(26(19)30-18-27)13-14-25-24(22)16-28(17-29-25)21-9-5-2-6-10-21;1-17-7-13-11-3-6-16-14(8-18(2)10-20-16)12(11)4-5-15(13)19-9-17/h3*1-14H,15-18H2;3-6H,7-10H2,1-2H3. The topological polar surface area (TPSA) is 99.8 Å². The van der Waals surface area contributed by atoms with Crippen LogP contribution in [-0.4, -0.2) is 77.7 Å². The predicted molar refractivity (Wildman–Crippen MR) is 438 cm³/mol. The third-order valence-corrected chi connectivity index (χ3v) is 22.1. The molecular formula is C94H84N8O8. The van der Waals surface area contributed by atoms with Crippen LogP contribution in [-0.2, 0) is 52.4 Å². The van der Waals surface area contributed by atoms with Crippen LogP contribution in [0.5, 0.6) is 46.0 Å². The first-order valence-corrected chi connectivity index (χ1v) is 37.8. The summed E-state index contributed by atoms with van der Waals surface area (Å²) in [6.45, 7) is 11.5.